The monoisotopic (exact) mass is 377 g/mol. The van der Waals surface area contributed by atoms with Gasteiger partial charge in [0.05, 0.1) is 16.1 Å². The van der Waals surface area contributed by atoms with E-state index in [-0.39, 0.29) is 6.04 Å². The third-order valence-corrected chi connectivity index (χ3v) is 5.52. The molecule has 1 saturated heterocycles. The summed E-state index contributed by atoms with van der Waals surface area (Å²) in [5, 5.41) is 10.7. The first-order valence-electron chi connectivity index (χ1n) is 8.47. The predicted molar refractivity (Wildman–Crippen MR) is 101 cm³/mol. The maximum Gasteiger partial charge on any atom is 0.320 e. The second kappa shape index (κ2) is 7.77. The molecule has 2 aromatic rings. The highest BCUT2D eigenvalue weighted by atomic mass is 35.5. The molecule has 0 saturated carbocycles. The average molecular weight is 378 g/mol. The number of carboxylic acid groups (broad SMARTS) is 1. The fraction of sp³-hybridized carbons (Fsp3) is 0.350. The van der Waals surface area contributed by atoms with E-state index in [1.54, 1.807) is 6.07 Å². The molecular weight excluding hydrogens is 357 g/mol. The van der Waals surface area contributed by atoms with Gasteiger partial charge in [-0.3, -0.25) is 9.69 Å². The van der Waals surface area contributed by atoms with E-state index < -0.39 is 12.0 Å². The number of aryl methyl sites for hydroxylation is 1. The van der Waals surface area contributed by atoms with Crippen LogP contribution < -0.4 is 0 Å². The second-order valence-corrected chi connectivity index (χ2v) is 7.39. The van der Waals surface area contributed by atoms with Gasteiger partial charge >= 0.3 is 5.97 Å². The molecule has 0 spiro atoms. The molecule has 1 aliphatic rings. The Labute approximate surface area is 158 Å². The summed E-state index contributed by atoms with van der Waals surface area (Å²) in [4.78, 5) is 13.9. The molecule has 25 heavy (non-hydrogen) atoms. The number of hydrogen-bond donors (Lipinski definition) is 1. The molecule has 3 rings (SSSR count). The molecule has 1 N–H and O–H groups in total. The Morgan fingerprint density at radius 1 is 1.12 bits per heavy atom. The van der Waals surface area contributed by atoms with Crippen LogP contribution in [0.2, 0.25) is 10.0 Å². The summed E-state index contributed by atoms with van der Waals surface area (Å²) in [5.41, 5.74) is 3.19. The van der Waals surface area contributed by atoms with Crippen LogP contribution in [-0.2, 0) is 4.79 Å². The predicted octanol–water partition coefficient (Wildman–Crippen LogP) is 5.33. The molecule has 0 bridgehead atoms. The van der Waals surface area contributed by atoms with Crippen molar-refractivity contribution in [1.29, 1.82) is 0 Å². The molecule has 0 aromatic heterocycles. The summed E-state index contributed by atoms with van der Waals surface area (Å²) >= 11 is 12.3. The molecule has 2 unspecified atom stereocenters. The first-order chi connectivity index (χ1) is 12.0. The Morgan fingerprint density at radius 3 is 2.56 bits per heavy atom. The maximum absolute atomic E-state index is 11.8. The summed E-state index contributed by atoms with van der Waals surface area (Å²) in [6, 6.07) is 13.1. The first-order valence-corrected chi connectivity index (χ1v) is 9.23. The van der Waals surface area contributed by atoms with Crippen molar-refractivity contribution in [2.45, 2.75) is 38.3 Å². The summed E-state index contributed by atoms with van der Waals surface area (Å²) in [5.74, 6) is -0.766. The highest BCUT2D eigenvalue weighted by molar-refractivity contribution is 6.42. The number of piperidine rings is 1. The minimum absolute atomic E-state index is 0.156. The summed E-state index contributed by atoms with van der Waals surface area (Å²) in [6.07, 6.45) is 2.60. The van der Waals surface area contributed by atoms with Crippen molar-refractivity contribution in [3.05, 3.63) is 69.2 Å². The molecule has 0 radical (unpaired) electrons. The molecule has 3 nitrogen and oxygen atoms in total. The van der Waals surface area contributed by atoms with Crippen LogP contribution in [0, 0.1) is 6.92 Å². The smallest absolute Gasteiger partial charge is 0.320 e. The lowest BCUT2D eigenvalue weighted by molar-refractivity contribution is -0.145. The zero-order valence-electron chi connectivity index (χ0n) is 14.1. The average Bonchev–Trinajstić information content (AvgIpc) is 2.59. The quantitative estimate of drug-likeness (QED) is 0.782. The fourth-order valence-corrected chi connectivity index (χ4v) is 3.93. The SMILES string of the molecule is Cc1cccc(C(c2ccc(Cl)c(Cl)c2)N2CCCCC2C(=O)O)c1. The van der Waals surface area contributed by atoms with Gasteiger partial charge in [-0.2, -0.15) is 0 Å². The van der Waals surface area contributed by atoms with Crippen molar-refractivity contribution < 1.29 is 9.90 Å². The number of nitrogens with zero attached hydrogens (tertiary/aromatic N) is 1. The van der Waals surface area contributed by atoms with Crippen LogP contribution >= 0.6 is 23.2 Å². The van der Waals surface area contributed by atoms with Gasteiger partial charge in [0, 0.05) is 0 Å². The van der Waals surface area contributed by atoms with Gasteiger partial charge in [0.1, 0.15) is 6.04 Å². The third-order valence-electron chi connectivity index (χ3n) is 4.78. The Kier molecular flexibility index (Phi) is 5.67. The van der Waals surface area contributed by atoms with Gasteiger partial charge in [-0.05, 0) is 49.6 Å². The molecule has 1 heterocycles. The Bertz CT molecular complexity index is 778. The van der Waals surface area contributed by atoms with Gasteiger partial charge in [0.25, 0.3) is 0 Å². The molecule has 0 amide bonds. The van der Waals surface area contributed by atoms with E-state index in [0.29, 0.717) is 16.5 Å². The van der Waals surface area contributed by atoms with Gasteiger partial charge in [0.15, 0.2) is 0 Å². The Morgan fingerprint density at radius 2 is 1.88 bits per heavy atom. The number of carbonyl (C=O) groups is 1. The van der Waals surface area contributed by atoms with E-state index in [4.69, 9.17) is 23.2 Å². The number of hydrogen-bond acceptors (Lipinski definition) is 2. The third kappa shape index (κ3) is 4.00. The van der Waals surface area contributed by atoms with Crippen LogP contribution in [0.5, 0.6) is 0 Å². The normalized spacial score (nSPS) is 19.6. The molecule has 1 fully saturated rings. The molecular formula is C20H21Cl2NO2. The van der Waals surface area contributed by atoms with Crippen molar-refractivity contribution in [3.8, 4) is 0 Å². The minimum atomic E-state index is -0.766. The number of benzene rings is 2. The number of likely N-dealkylation sites (tertiary alicyclic amines) is 1. The molecule has 2 aromatic carbocycles. The number of rotatable bonds is 4. The second-order valence-electron chi connectivity index (χ2n) is 6.58. The van der Waals surface area contributed by atoms with E-state index in [9.17, 15) is 9.90 Å². The van der Waals surface area contributed by atoms with Gasteiger partial charge in [0.2, 0.25) is 0 Å². The number of aliphatic carboxylic acids is 1. The molecule has 0 aliphatic carbocycles. The molecule has 132 valence electrons. The van der Waals surface area contributed by atoms with Crippen LogP contribution in [0.3, 0.4) is 0 Å². The zero-order valence-corrected chi connectivity index (χ0v) is 15.6. The summed E-state index contributed by atoms with van der Waals surface area (Å²) < 4.78 is 0. The van der Waals surface area contributed by atoms with Gasteiger partial charge in [-0.15, -0.1) is 0 Å². The number of halogens is 2. The van der Waals surface area contributed by atoms with Gasteiger partial charge in [-0.1, -0.05) is 65.5 Å². The Hall–Kier alpha value is -1.55. The van der Waals surface area contributed by atoms with E-state index >= 15 is 0 Å². The van der Waals surface area contributed by atoms with Crippen LogP contribution in [-0.4, -0.2) is 28.6 Å². The lowest BCUT2D eigenvalue weighted by Gasteiger charge is -2.39. The van der Waals surface area contributed by atoms with E-state index in [1.165, 1.54) is 0 Å². The maximum atomic E-state index is 11.8. The van der Waals surface area contributed by atoms with Crippen molar-refractivity contribution in [3.63, 3.8) is 0 Å². The van der Waals surface area contributed by atoms with Gasteiger partial charge in [-0.25, -0.2) is 0 Å². The van der Waals surface area contributed by atoms with E-state index in [0.717, 1.165) is 36.1 Å². The molecule has 1 aliphatic heterocycles. The van der Waals surface area contributed by atoms with Crippen LogP contribution in [0.15, 0.2) is 42.5 Å². The molecule has 2 atom stereocenters. The largest absolute Gasteiger partial charge is 0.480 e. The van der Waals surface area contributed by atoms with Crippen molar-refractivity contribution in [2.24, 2.45) is 0 Å². The first kappa shape index (κ1) is 18.2. The van der Waals surface area contributed by atoms with Crippen LogP contribution in [0.4, 0.5) is 0 Å². The Balaban J connectivity index is 2.10. The zero-order chi connectivity index (χ0) is 18.0. The highest BCUT2D eigenvalue weighted by Gasteiger charge is 2.35. The standard InChI is InChI=1S/C20H21Cl2NO2/c1-13-5-4-6-14(11-13)19(15-8-9-16(21)17(22)12-15)23-10-3-2-7-18(23)20(24)25/h4-6,8-9,11-12,18-19H,2-3,7,10H2,1H3,(H,24,25). The lowest BCUT2D eigenvalue weighted by atomic mass is 9.91. The van der Waals surface area contributed by atoms with Crippen molar-refractivity contribution in [2.75, 3.05) is 6.54 Å². The summed E-state index contributed by atoms with van der Waals surface area (Å²) in [7, 11) is 0. The highest BCUT2D eigenvalue weighted by Crippen LogP contribution is 2.36. The van der Waals surface area contributed by atoms with Crippen LogP contribution in [0.1, 0.15) is 42.0 Å². The summed E-state index contributed by atoms with van der Waals surface area (Å²) in [6.45, 7) is 2.79. The molecule has 5 heteroatoms. The topological polar surface area (TPSA) is 40.5 Å². The fourth-order valence-electron chi connectivity index (χ4n) is 3.63. The van der Waals surface area contributed by atoms with E-state index in [2.05, 4.69) is 11.0 Å². The van der Waals surface area contributed by atoms with Gasteiger partial charge < -0.3 is 5.11 Å². The lowest BCUT2D eigenvalue weighted by Crippen LogP contribution is -2.46. The minimum Gasteiger partial charge on any atom is -0.480 e. The van der Waals surface area contributed by atoms with Crippen molar-refractivity contribution in [1.82, 2.24) is 4.90 Å². The number of carboxylic acids is 1. The van der Waals surface area contributed by atoms with E-state index in [1.807, 2.05) is 37.3 Å². The van der Waals surface area contributed by atoms with Crippen LogP contribution in [0.25, 0.3) is 0 Å². The van der Waals surface area contributed by atoms with Crippen molar-refractivity contribution >= 4 is 29.2 Å².